The minimum Gasteiger partial charge on any atom is -0.497 e. The Balaban J connectivity index is 2.46. The fourth-order valence-corrected chi connectivity index (χ4v) is 1.47. The van der Waals surface area contributed by atoms with Crippen LogP contribution in [0.5, 0.6) is 5.75 Å². The molecular formula is C13H19NO3. The molecule has 94 valence electrons. The van der Waals surface area contributed by atoms with E-state index in [1.165, 1.54) is 0 Å². The van der Waals surface area contributed by atoms with E-state index in [1.54, 1.807) is 14.2 Å². The van der Waals surface area contributed by atoms with E-state index in [4.69, 9.17) is 9.47 Å². The van der Waals surface area contributed by atoms with Gasteiger partial charge in [0.25, 0.3) is 0 Å². The molecular weight excluding hydrogens is 218 g/mol. The fraction of sp³-hybridized carbons (Fsp3) is 0.462. The standard InChI is InChI=1S/C13H19NO3/c1-4-12(14-2)13(15)17-9-10-5-7-11(16-3)8-6-10/h5-8,12,14H,4,9H2,1-3H3. The molecule has 1 unspecified atom stereocenters. The Morgan fingerprint density at radius 1 is 1.35 bits per heavy atom. The molecule has 1 aromatic rings. The third kappa shape index (κ3) is 4.07. The first-order valence-electron chi connectivity index (χ1n) is 5.68. The van der Waals surface area contributed by atoms with Crippen molar-refractivity contribution in [2.24, 2.45) is 0 Å². The first-order valence-corrected chi connectivity index (χ1v) is 5.68. The lowest BCUT2D eigenvalue weighted by atomic mass is 10.2. The monoisotopic (exact) mass is 237 g/mol. The number of ether oxygens (including phenoxy) is 2. The van der Waals surface area contributed by atoms with Crippen LogP contribution >= 0.6 is 0 Å². The van der Waals surface area contributed by atoms with Gasteiger partial charge in [0, 0.05) is 0 Å². The molecule has 1 atom stereocenters. The highest BCUT2D eigenvalue weighted by Gasteiger charge is 2.15. The molecule has 1 aromatic carbocycles. The van der Waals surface area contributed by atoms with E-state index >= 15 is 0 Å². The smallest absolute Gasteiger partial charge is 0.323 e. The summed E-state index contributed by atoms with van der Waals surface area (Å²) in [5.41, 5.74) is 0.949. The molecule has 0 saturated carbocycles. The number of carbonyl (C=O) groups is 1. The van der Waals surface area contributed by atoms with Crippen LogP contribution in [0.1, 0.15) is 18.9 Å². The summed E-state index contributed by atoms with van der Waals surface area (Å²) in [6.45, 7) is 2.23. The van der Waals surface area contributed by atoms with Crippen molar-refractivity contribution in [3.8, 4) is 5.75 Å². The number of hydrogen-bond donors (Lipinski definition) is 1. The molecule has 4 heteroatoms. The van der Waals surface area contributed by atoms with Gasteiger partial charge in [-0.05, 0) is 31.2 Å². The van der Waals surface area contributed by atoms with Gasteiger partial charge in [-0.2, -0.15) is 0 Å². The van der Waals surface area contributed by atoms with Crippen LogP contribution in [0.15, 0.2) is 24.3 Å². The number of likely N-dealkylation sites (N-methyl/N-ethyl adjacent to an activating group) is 1. The van der Waals surface area contributed by atoms with E-state index in [2.05, 4.69) is 5.32 Å². The summed E-state index contributed by atoms with van der Waals surface area (Å²) < 4.78 is 10.3. The highest BCUT2D eigenvalue weighted by molar-refractivity contribution is 5.75. The van der Waals surface area contributed by atoms with Crippen molar-refractivity contribution in [3.05, 3.63) is 29.8 Å². The maximum Gasteiger partial charge on any atom is 0.323 e. The SMILES string of the molecule is CCC(NC)C(=O)OCc1ccc(OC)cc1. The molecule has 0 fully saturated rings. The number of rotatable bonds is 6. The van der Waals surface area contributed by atoms with Gasteiger partial charge in [0.1, 0.15) is 18.4 Å². The average molecular weight is 237 g/mol. The Hall–Kier alpha value is -1.55. The number of hydrogen-bond acceptors (Lipinski definition) is 4. The second-order valence-electron chi connectivity index (χ2n) is 3.71. The number of benzene rings is 1. The Morgan fingerprint density at radius 3 is 2.47 bits per heavy atom. The van der Waals surface area contributed by atoms with Gasteiger partial charge in [-0.25, -0.2) is 0 Å². The summed E-state index contributed by atoms with van der Waals surface area (Å²) in [6.07, 6.45) is 0.720. The molecule has 0 aliphatic heterocycles. The van der Waals surface area contributed by atoms with Crippen molar-refractivity contribution in [3.63, 3.8) is 0 Å². The van der Waals surface area contributed by atoms with Crippen LogP contribution in [0.25, 0.3) is 0 Å². The highest BCUT2D eigenvalue weighted by atomic mass is 16.5. The van der Waals surface area contributed by atoms with Crippen LogP contribution in [0.3, 0.4) is 0 Å². The first-order chi connectivity index (χ1) is 8.21. The maximum absolute atomic E-state index is 11.6. The van der Waals surface area contributed by atoms with Crippen LogP contribution in [0, 0.1) is 0 Å². The van der Waals surface area contributed by atoms with Crippen LogP contribution in [-0.2, 0) is 16.1 Å². The zero-order valence-corrected chi connectivity index (χ0v) is 10.5. The molecule has 0 aromatic heterocycles. The summed E-state index contributed by atoms with van der Waals surface area (Å²) in [4.78, 5) is 11.6. The Bertz CT molecular complexity index is 344. The fourth-order valence-electron chi connectivity index (χ4n) is 1.47. The van der Waals surface area contributed by atoms with Gasteiger partial charge in [0.2, 0.25) is 0 Å². The van der Waals surface area contributed by atoms with Crippen LogP contribution in [0.2, 0.25) is 0 Å². The van der Waals surface area contributed by atoms with Crippen molar-refractivity contribution in [1.82, 2.24) is 5.32 Å². The highest BCUT2D eigenvalue weighted by Crippen LogP contribution is 2.12. The van der Waals surface area contributed by atoms with Gasteiger partial charge in [-0.3, -0.25) is 4.79 Å². The molecule has 0 radical (unpaired) electrons. The molecule has 0 saturated heterocycles. The topological polar surface area (TPSA) is 47.6 Å². The number of methoxy groups -OCH3 is 1. The second kappa shape index (κ2) is 6.91. The first kappa shape index (κ1) is 13.5. The van der Waals surface area contributed by atoms with Crippen molar-refractivity contribution >= 4 is 5.97 Å². The second-order valence-corrected chi connectivity index (χ2v) is 3.71. The molecule has 0 amide bonds. The summed E-state index contributed by atoms with van der Waals surface area (Å²) in [5.74, 6) is 0.576. The number of carbonyl (C=O) groups excluding carboxylic acids is 1. The van der Waals surface area contributed by atoms with Crippen molar-refractivity contribution in [1.29, 1.82) is 0 Å². The van der Waals surface area contributed by atoms with Gasteiger partial charge in [0.15, 0.2) is 0 Å². The predicted octanol–water partition coefficient (Wildman–Crippen LogP) is 1.74. The maximum atomic E-state index is 11.6. The van der Waals surface area contributed by atoms with Crippen LogP contribution < -0.4 is 10.1 Å². The molecule has 0 spiro atoms. The minimum absolute atomic E-state index is 0.217. The zero-order chi connectivity index (χ0) is 12.7. The summed E-state index contributed by atoms with van der Waals surface area (Å²) >= 11 is 0. The van der Waals surface area contributed by atoms with Crippen LogP contribution in [-0.4, -0.2) is 26.2 Å². The number of esters is 1. The normalized spacial score (nSPS) is 11.9. The lowest BCUT2D eigenvalue weighted by Crippen LogP contribution is -2.34. The lowest BCUT2D eigenvalue weighted by molar-refractivity contribution is -0.147. The van der Waals surface area contributed by atoms with Gasteiger partial charge in [-0.15, -0.1) is 0 Å². The average Bonchev–Trinajstić information content (AvgIpc) is 2.38. The lowest BCUT2D eigenvalue weighted by Gasteiger charge is -2.13. The van der Waals surface area contributed by atoms with Gasteiger partial charge >= 0.3 is 5.97 Å². The largest absolute Gasteiger partial charge is 0.497 e. The van der Waals surface area contributed by atoms with E-state index in [0.29, 0.717) is 6.61 Å². The zero-order valence-electron chi connectivity index (χ0n) is 10.5. The summed E-state index contributed by atoms with van der Waals surface area (Å²) in [7, 11) is 3.37. The Morgan fingerprint density at radius 2 is 2.00 bits per heavy atom. The molecule has 17 heavy (non-hydrogen) atoms. The molecule has 1 rings (SSSR count). The predicted molar refractivity (Wildman–Crippen MR) is 65.9 cm³/mol. The van der Waals surface area contributed by atoms with Gasteiger partial charge in [0.05, 0.1) is 7.11 Å². The summed E-state index contributed by atoms with van der Waals surface area (Å²) in [5, 5.41) is 2.91. The van der Waals surface area contributed by atoms with E-state index in [1.807, 2.05) is 31.2 Å². The van der Waals surface area contributed by atoms with Gasteiger partial charge in [-0.1, -0.05) is 19.1 Å². The van der Waals surface area contributed by atoms with Crippen molar-refractivity contribution < 1.29 is 14.3 Å². The van der Waals surface area contributed by atoms with E-state index in [9.17, 15) is 4.79 Å². The molecule has 0 aliphatic carbocycles. The third-order valence-electron chi connectivity index (χ3n) is 2.58. The molecule has 0 bridgehead atoms. The van der Waals surface area contributed by atoms with Crippen molar-refractivity contribution in [2.45, 2.75) is 26.0 Å². The Labute approximate surface area is 102 Å². The minimum atomic E-state index is -0.228. The van der Waals surface area contributed by atoms with E-state index in [-0.39, 0.29) is 12.0 Å². The van der Waals surface area contributed by atoms with Crippen molar-refractivity contribution in [2.75, 3.05) is 14.2 Å². The number of nitrogens with one attached hydrogen (secondary N) is 1. The quantitative estimate of drug-likeness (QED) is 0.765. The Kier molecular flexibility index (Phi) is 5.49. The van der Waals surface area contributed by atoms with Crippen LogP contribution in [0.4, 0.5) is 0 Å². The van der Waals surface area contributed by atoms with Gasteiger partial charge < -0.3 is 14.8 Å². The summed E-state index contributed by atoms with van der Waals surface area (Å²) in [6, 6.07) is 7.23. The van der Waals surface area contributed by atoms with E-state index in [0.717, 1.165) is 17.7 Å². The molecule has 0 aliphatic rings. The molecule has 0 heterocycles. The van der Waals surface area contributed by atoms with E-state index < -0.39 is 0 Å². The third-order valence-corrected chi connectivity index (χ3v) is 2.58. The molecule has 1 N–H and O–H groups in total. The molecule has 4 nitrogen and oxygen atoms in total.